The molecule has 10 heteroatoms. The zero-order valence-corrected chi connectivity index (χ0v) is 18.8. The van der Waals surface area contributed by atoms with Gasteiger partial charge in [0.2, 0.25) is 5.91 Å². The molecule has 1 unspecified atom stereocenters. The SMILES string of the molecule is CCOC(=O)c1c(NC(=O)CN2C(=O)NC(C)(c3ccsc3)C2=O)sc(C)c1CC. The average molecular weight is 450 g/mol. The van der Waals surface area contributed by atoms with Gasteiger partial charge in [0, 0.05) is 4.88 Å². The van der Waals surface area contributed by atoms with Gasteiger partial charge in [-0.25, -0.2) is 9.59 Å². The lowest BCUT2D eigenvalue weighted by Gasteiger charge is -2.20. The molecule has 1 fully saturated rings. The third kappa shape index (κ3) is 3.84. The van der Waals surface area contributed by atoms with Gasteiger partial charge in [0.1, 0.15) is 17.1 Å². The summed E-state index contributed by atoms with van der Waals surface area (Å²) >= 11 is 2.69. The van der Waals surface area contributed by atoms with E-state index in [1.807, 2.05) is 19.2 Å². The Morgan fingerprint density at radius 1 is 1.30 bits per heavy atom. The zero-order valence-electron chi connectivity index (χ0n) is 17.2. The highest BCUT2D eigenvalue weighted by Crippen LogP contribution is 2.34. The molecule has 0 saturated carbocycles. The quantitative estimate of drug-likeness (QED) is 0.499. The number of esters is 1. The van der Waals surface area contributed by atoms with E-state index in [2.05, 4.69) is 10.6 Å². The number of hydrogen-bond donors (Lipinski definition) is 2. The maximum atomic E-state index is 12.9. The van der Waals surface area contributed by atoms with Crippen LogP contribution in [0.5, 0.6) is 0 Å². The van der Waals surface area contributed by atoms with Gasteiger partial charge in [-0.1, -0.05) is 6.92 Å². The summed E-state index contributed by atoms with van der Waals surface area (Å²) in [6.07, 6.45) is 0.609. The molecule has 3 rings (SSSR count). The number of nitrogens with zero attached hydrogens (tertiary/aromatic N) is 1. The van der Waals surface area contributed by atoms with E-state index in [9.17, 15) is 19.2 Å². The van der Waals surface area contributed by atoms with E-state index in [0.717, 1.165) is 15.3 Å². The van der Waals surface area contributed by atoms with Gasteiger partial charge < -0.3 is 15.4 Å². The molecule has 160 valence electrons. The molecule has 1 aliphatic rings. The van der Waals surface area contributed by atoms with E-state index in [0.29, 0.717) is 22.5 Å². The van der Waals surface area contributed by atoms with Crippen molar-refractivity contribution in [3.63, 3.8) is 0 Å². The molecule has 0 aromatic carbocycles. The van der Waals surface area contributed by atoms with E-state index in [1.54, 1.807) is 25.3 Å². The Morgan fingerprint density at radius 2 is 2.03 bits per heavy atom. The molecule has 0 bridgehead atoms. The number of ether oxygens (including phenoxy) is 1. The van der Waals surface area contributed by atoms with Crippen molar-refractivity contribution in [1.82, 2.24) is 10.2 Å². The first-order chi connectivity index (χ1) is 14.2. The second-order valence-corrected chi connectivity index (χ2v) is 8.93. The normalized spacial score (nSPS) is 18.5. The van der Waals surface area contributed by atoms with E-state index in [4.69, 9.17) is 4.74 Å². The minimum Gasteiger partial charge on any atom is -0.462 e. The molecular weight excluding hydrogens is 426 g/mol. The van der Waals surface area contributed by atoms with Crippen LogP contribution < -0.4 is 10.6 Å². The van der Waals surface area contributed by atoms with Crippen molar-refractivity contribution in [2.45, 2.75) is 39.7 Å². The first kappa shape index (κ1) is 22.0. The minimum atomic E-state index is -1.21. The molecule has 8 nitrogen and oxygen atoms in total. The van der Waals surface area contributed by atoms with Gasteiger partial charge in [0.05, 0.1) is 12.2 Å². The predicted octanol–water partition coefficient (Wildman–Crippen LogP) is 3.26. The largest absolute Gasteiger partial charge is 0.462 e. The van der Waals surface area contributed by atoms with Crippen LogP contribution in [0.4, 0.5) is 9.80 Å². The van der Waals surface area contributed by atoms with Crippen molar-refractivity contribution in [2.75, 3.05) is 18.5 Å². The fraction of sp³-hybridized carbons (Fsp3) is 0.400. The van der Waals surface area contributed by atoms with E-state index >= 15 is 0 Å². The molecule has 3 heterocycles. The maximum Gasteiger partial charge on any atom is 0.341 e. The van der Waals surface area contributed by atoms with Crippen LogP contribution in [0, 0.1) is 6.92 Å². The van der Waals surface area contributed by atoms with Crippen LogP contribution in [-0.2, 0) is 26.3 Å². The highest BCUT2D eigenvalue weighted by molar-refractivity contribution is 7.16. The van der Waals surface area contributed by atoms with E-state index in [-0.39, 0.29) is 6.61 Å². The van der Waals surface area contributed by atoms with Crippen molar-refractivity contribution in [3.8, 4) is 0 Å². The van der Waals surface area contributed by atoms with Gasteiger partial charge in [0.25, 0.3) is 5.91 Å². The number of nitrogens with one attached hydrogen (secondary N) is 2. The second-order valence-electron chi connectivity index (χ2n) is 6.92. The number of imide groups is 1. The summed E-state index contributed by atoms with van der Waals surface area (Å²) in [7, 11) is 0. The van der Waals surface area contributed by atoms with Crippen LogP contribution in [0.25, 0.3) is 0 Å². The fourth-order valence-corrected chi connectivity index (χ4v) is 5.32. The van der Waals surface area contributed by atoms with Crippen molar-refractivity contribution >= 4 is 51.5 Å². The number of amides is 4. The number of rotatable bonds is 7. The first-order valence-corrected chi connectivity index (χ1v) is 11.2. The first-order valence-electron chi connectivity index (χ1n) is 9.48. The fourth-order valence-electron chi connectivity index (χ4n) is 3.41. The lowest BCUT2D eigenvalue weighted by Crippen LogP contribution is -2.41. The summed E-state index contributed by atoms with van der Waals surface area (Å²) in [4.78, 5) is 52.1. The van der Waals surface area contributed by atoms with Gasteiger partial charge in [-0.15, -0.1) is 11.3 Å². The Labute approximate surface area is 182 Å². The Bertz CT molecular complexity index is 999. The zero-order chi connectivity index (χ0) is 22.1. The number of carbonyl (C=O) groups excluding carboxylic acids is 4. The molecule has 2 aromatic rings. The Kier molecular flexibility index (Phi) is 6.27. The molecular formula is C20H23N3O5S2. The van der Waals surface area contributed by atoms with Crippen LogP contribution in [0.3, 0.4) is 0 Å². The smallest absolute Gasteiger partial charge is 0.341 e. The summed E-state index contributed by atoms with van der Waals surface area (Å²) in [5.74, 6) is -1.57. The molecule has 30 heavy (non-hydrogen) atoms. The molecule has 1 atom stereocenters. The summed E-state index contributed by atoms with van der Waals surface area (Å²) in [5.41, 5.74) is 0.603. The highest BCUT2D eigenvalue weighted by Gasteiger charge is 2.49. The van der Waals surface area contributed by atoms with Crippen LogP contribution in [0.2, 0.25) is 0 Å². The lowest BCUT2D eigenvalue weighted by atomic mass is 9.95. The number of thiophene rings is 2. The average Bonchev–Trinajstić information content (AvgIpc) is 3.37. The number of hydrogen-bond acceptors (Lipinski definition) is 7. The molecule has 1 aliphatic heterocycles. The number of anilines is 1. The predicted molar refractivity (Wildman–Crippen MR) is 115 cm³/mol. The summed E-state index contributed by atoms with van der Waals surface area (Å²) < 4.78 is 5.13. The lowest BCUT2D eigenvalue weighted by molar-refractivity contribution is -0.133. The minimum absolute atomic E-state index is 0.216. The second kappa shape index (κ2) is 8.57. The summed E-state index contributed by atoms with van der Waals surface area (Å²) in [6, 6.07) is 1.13. The summed E-state index contributed by atoms with van der Waals surface area (Å²) in [5, 5.41) is 9.31. The van der Waals surface area contributed by atoms with E-state index in [1.165, 1.54) is 22.7 Å². The number of urea groups is 1. The van der Waals surface area contributed by atoms with Crippen LogP contribution in [0.15, 0.2) is 16.8 Å². The van der Waals surface area contributed by atoms with E-state index < -0.39 is 35.9 Å². The van der Waals surface area contributed by atoms with Gasteiger partial charge >= 0.3 is 12.0 Å². The molecule has 0 aliphatic carbocycles. The Balaban J connectivity index is 1.79. The van der Waals surface area contributed by atoms with Crippen LogP contribution in [-0.4, -0.2) is 41.9 Å². The number of aryl methyl sites for hydroxylation is 1. The van der Waals surface area contributed by atoms with Crippen LogP contribution >= 0.6 is 22.7 Å². The summed E-state index contributed by atoms with van der Waals surface area (Å²) in [6.45, 7) is 6.87. The van der Waals surface area contributed by atoms with Crippen molar-refractivity contribution in [1.29, 1.82) is 0 Å². The molecule has 4 amide bonds. The standard InChI is InChI=1S/C20H23N3O5S2/c1-5-13-11(3)30-16(15(13)17(25)28-6-2)21-14(24)9-23-18(26)20(4,22-19(23)27)12-7-8-29-10-12/h7-8,10H,5-6,9H2,1-4H3,(H,21,24)(H,22,27). The van der Waals surface area contributed by atoms with Crippen molar-refractivity contribution in [2.24, 2.45) is 0 Å². The van der Waals surface area contributed by atoms with Gasteiger partial charge in [0.15, 0.2) is 0 Å². The topological polar surface area (TPSA) is 105 Å². The molecule has 0 radical (unpaired) electrons. The highest BCUT2D eigenvalue weighted by atomic mass is 32.1. The Hall–Kier alpha value is -2.72. The monoisotopic (exact) mass is 449 g/mol. The molecule has 0 spiro atoms. The van der Waals surface area contributed by atoms with Gasteiger partial charge in [-0.3, -0.25) is 14.5 Å². The third-order valence-electron chi connectivity index (χ3n) is 4.97. The van der Waals surface area contributed by atoms with Crippen molar-refractivity contribution < 1.29 is 23.9 Å². The van der Waals surface area contributed by atoms with Gasteiger partial charge in [-0.05, 0) is 55.1 Å². The molecule has 1 saturated heterocycles. The van der Waals surface area contributed by atoms with Gasteiger partial charge in [-0.2, -0.15) is 11.3 Å². The maximum absolute atomic E-state index is 12.9. The molecule has 2 aromatic heterocycles. The third-order valence-corrected chi connectivity index (χ3v) is 6.72. The number of carbonyl (C=O) groups is 4. The molecule has 2 N–H and O–H groups in total. The van der Waals surface area contributed by atoms with Crippen molar-refractivity contribution in [3.05, 3.63) is 38.4 Å². The van der Waals surface area contributed by atoms with Crippen LogP contribution in [0.1, 0.15) is 47.1 Å². The Morgan fingerprint density at radius 3 is 2.63 bits per heavy atom.